The van der Waals surface area contributed by atoms with Crippen LogP contribution in [-0.4, -0.2) is 51.9 Å². The number of sulfonamides is 2. The molecule has 1 amide bonds. The minimum absolute atomic E-state index is 0.0230. The number of fused-ring (bicyclic) bond motifs is 1. The van der Waals surface area contributed by atoms with Crippen molar-refractivity contribution in [1.29, 1.82) is 0 Å². The maximum Gasteiger partial charge on any atom is 0.261 e. The van der Waals surface area contributed by atoms with E-state index in [9.17, 15) is 21.6 Å². The maximum absolute atomic E-state index is 12.8. The van der Waals surface area contributed by atoms with E-state index in [1.807, 2.05) is 0 Å². The van der Waals surface area contributed by atoms with Crippen LogP contribution in [0.2, 0.25) is 10.0 Å². The van der Waals surface area contributed by atoms with Crippen LogP contribution in [0.1, 0.15) is 0 Å². The lowest BCUT2D eigenvalue weighted by atomic mass is 10.3. The predicted octanol–water partition coefficient (Wildman–Crippen LogP) is 4.92. The first-order chi connectivity index (χ1) is 17.8. The van der Waals surface area contributed by atoms with Crippen molar-refractivity contribution in [2.45, 2.75) is 15.0 Å². The molecule has 0 spiro atoms. The smallest absolute Gasteiger partial charge is 0.261 e. The summed E-state index contributed by atoms with van der Waals surface area (Å²) in [7, 11) is -4.82. The molecule has 0 radical (unpaired) electrons. The first kappa shape index (κ1) is 28.2. The van der Waals surface area contributed by atoms with E-state index in [1.54, 1.807) is 24.3 Å². The lowest BCUT2D eigenvalue weighted by Crippen LogP contribution is -2.22. The average Bonchev–Trinajstić information content (AvgIpc) is 3.27. The first-order valence-corrected chi connectivity index (χ1v) is 15.4. The lowest BCUT2D eigenvalue weighted by Gasteiger charge is -2.13. The van der Waals surface area contributed by atoms with Crippen LogP contribution in [0.4, 0.5) is 11.4 Å². The van der Waals surface area contributed by atoms with E-state index in [0.717, 1.165) is 16.1 Å². The number of halogens is 2. The van der Waals surface area contributed by atoms with E-state index in [-0.39, 0.29) is 37.0 Å². The van der Waals surface area contributed by atoms with Gasteiger partial charge in [-0.15, -0.1) is 0 Å². The SMILES string of the molecule is CN(C)S(=O)(=O)c1ccc(Cl)c(NC(=O)CSc2nc3cc(S(=O)(=O)Nc4ccc(Cl)cc4)ccc3o2)c1. The molecule has 0 saturated carbocycles. The molecular formula is C23H20Cl2N4O6S3. The number of rotatable bonds is 9. The molecule has 0 aliphatic rings. The highest BCUT2D eigenvalue weighted by molar-refractivity contribution is 7.99. The number of nitrogens with zero attached hydrogens (tertiary/aromatic N) is 2. The first-order valence-electron chi connectivity index (χ1n) is 10.7. The van der Waals surface area contributed by atoms with Gasteiger partial charge < -0.3 is 9.73 Å². The highest BCUT2D eigenvalue weighted by Gasteiger charge is 2.20. The maximum atomic E-state index is 12.8. The number of carbonyl (C=O) groups excluding carboxylic acids is 1. The third-order valence-electron chi connectivity index (χ3n) is 5.06. The summed E-state index contributed by atoms with van der Waals surface area (Å²) in [5, 5.41) is 3.37. The Balaban J connectivity index is 1.44. The molecule has 15 heteroatoms. The van der Waals surface area contributed by atoms with Crippen molar-refractivity contribution in [1.82, 2.24) is 9.29 Å². The molecule has 1 aromatic heterocycles. The van der Waals surface area contributed by atoms with E-state index >= 15 is 0 Å². The van der Waals surface area contributed by atoms with Crippen LogP contribution < -0.4 is 10.0 Å². The summed E-state index contributed by atoms with van der Waals surface area (Å²) in [6.45, 7) is 0. The molecule has 4 rings (SSSR count). The molecule has 0 atom stereocenters. The van der Waals surface area contributed by atoms with Gasteiger partial charge in [0.2, 0.25) is 15.9 Å². The number of benzene rings is 3. The Morgan fingerprint density at radius 1 is 0.974 bits per heavy atom. The van der Waals surface area contributed by atoms with Crippen molar-refractivity contribution < 1.29 is 26.0 Å². The molecule has 0 bridgehead atoms. The Bertz CT molecular complexity index is 1720. The summed E-state index contributed by atoms with van der Waals surface area (Å²) in [4.78, 5) is 16.7. The standard InChI is InChI=1S/C23H20Cl2N4O6S3/c1-29(2)38(33,34)17-7-9-18(25)19(12-17)26-22(30)13-36-23-27-20-11-16(8-10-21(20)35-23)37(31,32)28-15-5-3-14(24)4-6-15/h3-12,28H,13H2,1-2H3,(H,26,30). The summed E-state index contributed by atoms with van der Waals surface area (Å²) in [6.07, 6.45) is 0. The Morgan fingerprint density at radius 3 is 2.34 bits per heavy atom. The zero-order valence-electron chi connectivity index (χ0n) is 19.8. The molecular weight excluding hydrogens is 595 g/mol. The minimum atomic E-state index is -3.90. The summed E-state index contributed by atoms with van der Waals surface area (Å²) in [5.74, 6) is -0.606. The molecule has 38 heavy (non-hydrogen) atoms. The highest BCUT2D eigenvalue weighted by Crippen LogP contribution is 2.29. The summed E-state index contributed by atoms with van der Waals surface area (Å²) in [6, 6.07) is 14.4. The van der Waals surface area contributed by atoms with Gasteiger partial charge in [-0.05, 0) is 60.7 Å². The summed E-state index contributed by atoms with van der Waals surface area (Å²) < 4.78 is 59.4. The number of aromatic nitrogens is 1. The van der Waals surface area contributed by atoms with E-state index in [2.05, 4.69) is 15.0 Å². The third-order valence-corrected chi connectivity index (χ3v) is 9.66. The van der Waals surface area contributed by atoms with Crippen LogP contribution in [0, 0.1) is 0 Å². The van der Waals surface area contributed by atoms with Gasteiger partial charge in [-0.3, -0.25) is 9.52 Å². The molecule has 2 N–H and O–H groups in total. The van der Waals surface area contributed by atoms with E-state index in [0.29, 0.717) is 16.3 Å². The van der Waals surface area contributed by atoms with Crippen LogP contribution in [0.3, 0.4) is 0 Å². The van der Waals surface area contributed by atoms with Crippen molar-refractivity contribution in [2.75, 3.05) is 29.9 Å². The average molecular weight is 616 g/mol. The summed E-state index contributed by atoms with van der Waals surface area (Å²) in [5.41, 5.74) is 1.11. The van der Waals surface area contributed by atoms with Gasteiger partial charge in [0.05, 0.1) is 26.3 Å². The Morgan fingerprint density at radius 2 is 1.66 bits per heavy atom. The normalized spacial score (nSPS) is 12.1. The number of amides is 1. The fraction of sp³-hybridized carbons (Fsp3) is 0.130. The molecule has 0 saturated heterocycles. The second kappa shape index (κ2) is 11.1. The van der Waals surface area contributed by atoms with Gasteiger partial charge in [0, 0.05) is 24.8 Å². The summed E-state index contributed by atoms with van der Waals surface area (Å²) >= 11 is 12.9. The molecule has 4 aromatic rings. The fourth-order valence-electron chi connectivity index (χ4n) is 3.13. The van der Waals surface area contributed by atoms with Crippen LogP contribution in [-0.2, 0) is 24.8 Å². The van der Waals surface area contributed by atoms with E-state index in [4.69, 9.17) is 27.6 Å². The third kappa shape index (κ3) is 6.42. The van der Waals surface area contributed by atoms with Gasteiger partial charge in [-0.2, -0.15) is 0 Å². The Hall–Kier alpha value is -2.81. The molecule has 0 fully saturated rings. The van der Waals surface area contributed by atoms with Gasteiger partial charge in [-0.1, -0.05) is 35.0 Å². The fourth-order valence-corrected chi connectivity index (χ4v) is 6.07. The number of hydrogen-bond acceptors (Lipinski definition) is 8. The number of hydrogen-bond donors (Lipinski definition) is 2. The molecule has 0 unspecified atom stereocenters. The number of oxazole rings is 1. The van der Waals surface area contributed by atoms with Gasteiger partial charge in [0.25, 0.3) is 15.2 Å². The Kier molecular flexibility index (Phi) is 8.26. The number of carbonyl (C=O) groups is 1. The van der Waals surface area contributed by atoms with Crippen molar-refractivity contribution in [3.63, 3.8) is 0 Å². The van der Waals surface area contributed by atoms with E-state index < -0.39 is 26.0 Å². The van der Waals surface area contributed by atoms with Crippen LogP contribution in [0.25, 0.3) is 11.1 Å². The van der Waals surface area contributed by atoms with Crippen molar-refractivity contribution in [2.24, 2.45) is 0 Å². The Labute approximate surface area is 233 Å². The number of anilines is 2. The second-order valence-electron chi connectivity index (χ2n) is 7.99. The molecule has 10 nitrogen and oxygen atoms in total. The molecule has 1 heterocycles. The zero-order chi connectivity index (χ0) is 27.7. The molecule has 200 valence electrons. The second-order valence-corrected chi connectivity index (χ2v) is 13.6. The quantitative estimate of drug-likeness (QED) is 0.253. The topological polar surface area (TPSA) is 139 Å². The number of nitrogens with one attached hydrogen (secondary N) is 2. The van der Waals surface area contributed by atoms with Gasteiger partial charge in [0.1, 0.15) is 5.52 Å². The van der Waals surface area contributed by atoms with Gasteiger partial charge in [0.15, 0.2) is 5.58 Å². The lowest BCUT2D eigenvalue weighted by molar-refractivity contribution is -0.113. The van der Waals surface area contributed by atoms with Crippen LogP contribution in [0.15, 0.2) is 80.1 Å². The minimum Gasteiger partial charge on any atom is -0.431 e. The van der Waals surface area contributed by atoms with E-state index in [1.165, 1.54) is 50.5 Å². The predicted molar refractivity (Wildman–Crippen MR) is 148 cm³/mol. The molecule has 0 aliphatic carbocycles. The van der Waals surface area contributed by atoms with Crippen molar-refractivity contribution in [3.05, 3.63) is 70.7 Å². The highest BCUT2D eigenvalue weighted by atomic mass is 35.5. The molecule has 0 aliphatic heterocycles. The van der Waals surface area contributed by atoms with Crippen LogP contribution in [0.5, 0.6) is 0 Å². The number of thioether (sulfide) groups is 1. The monoisotopic (exact) mass is 614 g/mol. The largest absolute Gasteiger partial charge is 0.431 e. The zero-order valence-corrected chi connectivity index (χ0v) is 23.8. The molecule has 3 aromatic carbocycles. The van der Waals surface area contributed by atoms with Gasteiger partial charge in [-0.25, -0.2) is 26.1 Å². The van der Waals surface area contributed by atoms with Crippen molar-refractivity contribution in [3.8, 4) is 0 Å². The van der Waals surface area contributed by atoms with Gasteiger partial charge >= 0.3 is 0 Å². The van der Waals surface area contributed by atoms with Crippen LogP contribution >= 0.6 is 35.0 Å². The van der Waals surface area contributed by atoms with Crippen molar-refractivity contribution >= 4 is 83.4 Å².